The zero-order valence-electron chi connectivity index (χ0n) is 23.7. The van der Waals surface area contributed by atoms with E-state index in [0.717, 1.165) is 5.82 Å². The molecule has 0 unspecified atom stereocenters. The van der Waals surface area contributed by atoms with Gasteiger partial charge in [0.15, 0.2) is 11.6 Å². The first-order chi connectivity index (χ1) is 19.4. The molecule has 1 amide bonds. The van der Waals surface area contributed by atoms with Crippen molar-refractivity contribution < 1.29 is 23.4 Å². The summed E-state index contributed by atoms with van der Waals surface area (Å²) < 4.78 is 31.0. The van der Waals surface area contributed by atoms with Crippen molar-refractivity contribution in [3.8, 4) is 22.6 Å². The fourth-order valence-electron chi connectivity index (χ4n) is 4.54. The molecule has 12 heteroatoms. The highest BCUT2D eigenvalue weighted by atomic mass is 35.5. The fourth-order valence-corrected chi connectivity index (χ4v) is 5.10. The third kappa shape index (κ3) is 7.23. The number of halogens is 3. The number of carbonyl (C=O) groups is 1. The number of rotatable bonds is 7. The van der Waals surface area contributed by atoms with E-state index in [9.17, 15) is 9.18 Å². The van der Waals surface area contributed by atoms with Crippen molar-refractivity contribution in [2.45, 2.75) is 45.8 Å². The summed E-state index contributed by atoms with van der Waals surface area (Å²) in [4.78, 5) is 25.4. The molecule has 41 heavy (non-hydrogen) atoms. The minimum absolute atomic E-state index is 0.0117. The number of amides is 1. The van der Waals surface area contributed by atoms with Crippen molar-refractivity contribution in [3.05, 3.63) is 58.1 Å². The van der Waals surface area contributed by atoms with Crippen LogP contribution < -0.4 is 20.1 Å². The molecule has 1 atom stereocenters. The largest absolute Gasteiger partial charge is 0.496 e. The number of pyridine rings is 2. The topological polar surface area (TPSA) is 103 Å². The zero-order valence-corrected chi connectivity index (χ0v) is 25.2. The number of methoxy groups -OCH3 is 1. The van der Waals surface area contributed by atoms with E-state index in [1.165, 1.54) is 12.1 Å². The summed E-state index contributed by atoms with van der Waals surface area (Å²) in [5, 5.41) is 0.328. The molecule has 9 nitrogen and oxygen atoms in total. The molecule has 0 saturated carbocycles. The van der Waals surface area contributed by atoms with E-state index >= 15 is 0 Å². The number of nitrogens with two attached hydrogens (primary N) is 1. The van der Waals surface area contributed by atoms with Crippen LogP contribution in [-0.4, -0.2) is 66.0 Å². The van der Waals surface area contributed by atoms with Gasteiger partial charge in [0, 0.05) is 66.7 Å². The number of hydrogen-bond acceptors (Lipinski definition) is 8. The van der Waals surface area contributed by atoms with Gasteiger partial charge >= 0.3 is 6.09 Å². The summed E-state index contributed by atoms with van der Waals surface area (Å²) in [7, 11) is 1.58. The molecule has 3 aromatic rings. The van der Waals surface area contributed by atoms with Crippen LogP contribution >= 0.6 is 23.2 Å². The maximum absolute atomic E-state index is 13.9. The van der Waals surface area contributed by atoms with Gasteiger partial charge in [-0.1, -0.05) is 23.2 Å². The van der Waals surface area contributed by atoms with Gasteiger partial charge in [-0.25, -0.2) is 19.2 Å². The lowest BCUT2D eigenvalue weighted by Crippen LogP contribution is -2.54. The standard InChI is InChI=1S/C29H34Cl2FN5O4/c1-17-16-36(28(38)41-29(2,3)4)9-10-37(17)25-13-23(39-5)20(15-34-25)18-12-24(27(33)35-14-18)40-11-8-19-21(30)6-7-22(32)26(19)31/h6-7,12-15,17H,8-11,16H2,1-5H3,(H2,33,35)/t17-/m0/s1. The highest BCUT2D eigenvalue weighted by molar-refractivity contribution is 6.36. The third-order valence-electron chi connectivity index (χ3n) is 6.59. The molecule has 3 heterocycles. The molecule has 4 rings (SSSR count). The summed E-state index contributed by atoms with van der Waals surface area (Å²) >= 11 is 12.3. The van der Waals surface area contributed by atoms with Crippen molar-refractivity contribution >= 4 is 40.9 Å². The Balaban J connectivity index is 1.48. The lowest BCUT2D eigenvalue weighted by atomic mass is 10.1. The van der Waals surface area contributed by atoms with Crippen LogP contribution in [0.4, 0.5) is 20.8 Å². The van der Waals surface area contributed by atoms with E-state index in [1.807, 2.05) is 33.8 Å². The average molecular weight is 607 g/mol. The molecule has 1 aliphatic heterocycles. The van der Waals surface area contributed by atoms with Gasteiger partial charge in [-0.05, 0) is 51.5 Å². The van der Waals surface area contributed by atoms with Gasteiger partial charge in [-0.3, -0.25) is 0 Å². The van der Waals surface area contributed by atoms with Crippen molar-refractivity contribution in [3.63, 3.8) is 0 Å². The summed E-state index contributed by atoms with van der Waals surface area (Å²) in [6.07, 6.45) is 3.28. The van der Waals surface area contributed by atoms with Crippen LogP contribution in [0.25, 0.3) is 11.1 Å². The van der Waals surface area contributed by atoms with Crippen molar-refractivity contribution in [1.82, 2.24) is 14.9 Å². The molecule has 0 aliphatic carbocycles. The number of nitrogens with zero attached hydrogens (tertiary/aromatic N) is 4. The Bertz CT molecular complexity index is 1420. The van der Waals surface area contributed by atoms with Crippen LogP contribution in [0.1, 0.15) is 33.3 Å². The predicted molar refractivity (Wildman–Crippen MR) is 159 cm³/mol. The molecule has 1 saturated heterocycles. The molecule has 1 aromatic carbocycles. The highest BCUT2D eigenvalue weighted by Crippen LogP contribution is 2.36. The van der Waals surface area contributed by atoms with Crippen molar-refractivity contribution in [2.24, 2.45) is 0 Å². The molecular formula is C29H34Cl2FN5O4. The molecule has 0 spiro atoms. The van der Waals surface area contributed by atoms with Crippen LogP contribution in [0.15, 0.2) is 36.7 Å². The van der Waals surface area contributed by atoms with Gasteiger partial charge in [0.05, 0.1) is 18.7 Å². The number of hydrogen-bond donors (Lipinski definition) is 1. The maximum atomic E-state index is 13.9. The molecule has 2 aromatic heterocycles. The monoisotopic (exact) mass is 605 g/mol. The Hall–Kier alpha value is -3.50. The Morgan fingerprint density at radius 2 is 1.90 bits per heavy atom. The molecule has 220 valence electrons. The number of ether oxygens (including phenoxy) is 3. The second-order valence-corrected chi connectivity index (χ2v) is 11.5. The fraction of sp³-hybridized carbons (Fsp3) is 0.414. The average Bonchev–Trinajstić information content (AvgIpc) is 2.92. The lowest BCUT2D eigenvalue weighted by Gasteiger charge is -2.40. The number of benzene rings is 1. The first-order valence-electron chi connectivity index (χ1n) is 13.2. The Morgan fingerprint density at radius 1 is 1.15 bits per heavy atom. The molecule has 1 aliphatic rings. The third-order valence-corrected chi connectivity index (χ3v) is 7.35. The summed E-state index contributed by atoms with van der Waals surface area (Å²) in [5.41, 5.74) is 7.36. The van der Waals surface area contributed by atoms with Crippen LogP contribution in [0.3, 0.4) is 0 Å². The number of piperazine rings is 1. The Morgan fingerprint density at radius 3 is 2.59 bits per heavy atom. The Labute approximate surface area is 249 Å². The highest BCUT2D eigenvalue weighted by Gasteiger charge is 2.31. The minimum Gasteiger partial charge on any atom is -0.496 e. The van der Waals surface area contributed by atoms with Crippen LogP contribution in [0.2, 0.25) is 10.0 Å². The van der Waals surface area contributed by atoms with Gasteiger partial charge in [-0.2, -0.15) is 0 Å². The van der Waals surface area contributed by atoms with Gasteiger partial charge < -0.3 is 29.7 Å². The van der Waals surface area contributed by atoms with E-state index < -0.39 is 11.4 Å². The second-order valence-electron chi connectivity index (χ2n) is 10.7. The zero-order chi connectivity index (χ0) is 29.9. The molecule has 2 N–H and O–H groups in total. The van der Waals surface area contributed by atoms with Gasteiger partial charge in [0.25, 0.3) is 0 Å². The van der Waals surface area contributed by atoms with Gasteiger partial charge in [0.2, 0.25) is 0 Å². The summed E-state index contributed by atoms with van der Waals surface area (Å²) in [6, 6.07) is 6.30. The van der Waals surface area contributed by atoms with E-state index in [4.69, 9.17) is 48.1 Å². The first-order valence-corrected chi connectivity index (χ1v) is 13.9. The summed E-state index contributed by atoms with van der Waals surface area (Å²) in [5.74, 6) is 1.32. The number of nitrogen functional groups attached to an aromatic ring is 1. The van der Waals surface area contributed by atoms with Crippen LogP contribution in [-0.2, 0) is 11.2 Å². The van der Waals surface area contributed by atoms with E-state index in [1.54, 1.807) is 30.5 Å². The van der Waals surface area contributed by atoms with Crippen molar-refractivity contribution in [2.75, 3.05) is 44.0 Å². The van der Waals surface area contributed by atoms with Crippen LogP contribution in [0, 0.1) is 5.82 Å². The normalized spacial score (nSPS) is 15.6. The smallest absolute Gasteiger partial charge is 0.410 e. The first kappa shape index (κ1) is 30.5. The Kier molecular flexibility index (Phi) is 9.34. The molecular weight excluding hydrogens is 572 g/mol. The van der Waals surface area contributed by atoms with E-state index in [-0.39, 0.29) is 36.0 Å². The van der Waals surface area contributed by atoms with E-state index in [0.29, 0.717) is 52.8 Å². The summed E-state index contributed by atoms with van der Waals surface area (Å²) in [6.45, 7) is 9.37. The maximum Gasteiger partial charge on any atom is 0.410 e. The van der Waals surface area contributed by atoms with Crippen molar-refractivity contribution in [1.29, 1.82) is 0 Å². The second kappa shape index (κ2) is 12.6. The number of anilines is 2. The SMILES string of the molecule is COc1cc(N2CCN(C(=O)OC(C)(C)C)C[C@@H]2C)ncc1-c1cnc(N)c(OCCc2c(Cl)ccc(F)c2Cl)c1. The number of carbonyl (C=O) groups excluding carboxylic acids is 1. The van der Waals surface area contributed by atoms with Crippen LogP contribution in [0.5, 0.6) is 11.5 Å². The van der Waals surface area contributed by atoms with Gasteiger partial charge in [0.1, 0.15) is 23.0 Å². The van der Waals surface area contributed by atoms with Gasteiger partial charge in [-0.15, -0.1) is 0 Å². The van der Waals surface area contributed by atoms with E-state index in [2.05, 4.69) is 9.88 Å². The predicted octanol–water partition coefficient (Wildman–Crippen LogP) is 6.25. The molecule has 0 bridgehead atoms. The lowest BCUT2D eigenvalue weighted by molar-refractivity contribution is 0.0218. The minimum atomic E-state index is -0.549. The molecule has 1 fully saturated rings. The quantitative estimate of drug-likeness (QED) is 0.315. The number of aromatic nitrogens is 2. The molecule has 0 radical (unpaired) electrons.